The lowest BCUT2D eigenvalue weighted by molar-refractivity contribution is -0.163. The quantitative estimate of drug-likeness (QED) is 0.164. The zero-order valence-electron chi connectivity index (χ0n) is 39.9. The molecule has 0 aromatic heterocycles. The van der Waals surface area contributed by atoms with Crippen molar-refractivity contribution in [2.24, 2.45) is 23.7 Å². The number of nitrogens with one attached hydrogen (secondary N) is 3. The van der Waals surface area contributed by atoms with Crippen LogP contribution in [0.25, 0.3) is 0 Å². The van der Waals surface area contributed by atoms with Gasteiger partial charge in [-0.3, -0.25) is 28.8 Å². The largest absolute Gasteiger partial charge is 0.451 e. The maximum atomic E-state index is 14.8. The molecule has 2 fully saturated rings. The molecule has 1 heterocycles. The highest BCUT2D eigenvalue weighted by Gasteiger charge is 2.41. The van der Waals surface area contributed by atoms with Crippen LogP contribution in [0.2, 0.25) is 0 Å². The standard InChI is InChI=1S/C47H81N7O8/c1-12-14-20-32(7)28-37-45(59)52(9)33(8)47(61)62-40(24-19-25-48)43(57)49-35(23-15-13-2)44(58)53(10)38(27-31(5)6)41(55)50-36(26-30(3)4)46(60)54(11)39(42(56)51-37)29-34-21-17-16-18-22-34/h30-40H,12-24,26-29H2,1-11H3,(H,49,57)(H,50,55)(H,51,56)/t32-,33+,35+,36+,37+,38+,39+,40-/m1/s1. The molecule has 1 saturated heterocycles. The Morgan fingerprint density at radius 2 is 1.18 bits per heavy atom. The smallest absolute Gasteiger partial charge is 0.329 e. The van der Waals surface area contributed by atoms with Gasteiger partial charge in [0.15, 0.2) is 6.10 Å². The Morgan fingerprint density at radius 3 is 1.74 bits per heavy atom. The highest BCUT2D eigenvalue weighted by atomic mass is 16.5. The third-order valence-electron chi connectivity index (χ3n) is 12.6. The molecule has 15 heteroatoms. The third kappa shape index (κ3) is 16.8. The summed E-state index contributed by atoms with van der Waals surface area (Å²) in [5, 5.41) is 18.2. The van der Waals surface area contributed by atoms with E-state index in [1.807, 2.05) is 47.6 Å². The van der Waals surface area contributed by atoms with E-state index < -0.39 is 83.8 Å². The van der Waals surface area contributed by atoms with Gasteiger partial charge in [0.2, 0.25) is 29.5 Å². The minimum atomic E-state index is -1.46. The number of hydrogen-bond donors (Lipinski definition) is 3. The maximum Gasteiger partial charge on any atom is 0.329 e. The van der Waals surface area contributed by atoms with Gasteiger partial charge in [0.25, 0.3) is 5.91 Å². The Hall–Kier alpha value is -4.22. The van der Waals surface area contributed by atoms with Gasteiger partial charge in [-0.05, 0) is 62.7 Å². The fraction of sp³-hybridized carbons (Fsp3) is 0.830. The lowest BCUT2D eigenvalue weighted by Gasteiger charge is -2.37. The van der Waals surface area contributed by atoms with Crippen molar-refractivity contribution in [1.82, 2.24) is 30.7 Å². The predicted molar refractivity (Wildman–Crippen MR) is 239 cm³/mol. The number of rotatable bonds is 16. The van der Waals surface area contributed by atoms with Crippen molar-refractivity contribution in [3.05, 3.63) is 0 Å². The van der Waals surface area contributed by atoms with Crippen LogP contribution >= 0.6 is 0 Å². The van der Waals surface area contributed by atoms with Gasteiger partial charge in [0, 0.05) is 34.0 Å². The summed E-state index contributed by atoms with van der Waals surface area (Å²) in [5.74, 6) is -4.10. The zero-order chi connectivity index (χ0) is 46.7. The van der Waals surface area contributed by atoms with Crippen molar-refractivity contribution in [3.8, 4) is 6.07 Å². The molecule has 6 amide bonds. The van der Waals surface area contributed by atoms with Crippen molar-refractivity contribution in [2.75, 3.05) is 21.1 Å². The average Bonchev–Trinajstić information content (AvgIpc) is 3.23. The van der Waals surface area contributed by atoms with Crippen LogP contribution in [0.1, 0.15) is 165 Å². The van der Waals surface area contributed by atoms with E-state index in [0.29, 0.717) is 19.3 Å². The van der Waals surface area contributed by atoms with E-state index in [2.05, 4.69) is 22.9 Å². The van der Waals surface area contributed by atoms with Crippen LogP contribution in [0.5, 0.6) is 0 Å². The Kier molecular flexibility index (Phi) is 23.5. The first-order valence-electron chi connectivity index (χ1n) is 23.6. The summed E-state index contributed by atoms with van der Waals surface area (Å²) < 4.78 is 5.75. The number of carbonyl (C=O) groups is 7. The number of esters is 1. The molecule has 8 atom stereocenters. The first-order chi connectivity index (χ1) is 29.3. The van der Waals surface area contributed by atoms with Crippen LogP contribution < -0.4 is 16.0 Å². The number of nitrogens with zero attached hydrogens (tertiary/aromatic N) is 4. The predicted octanol–water partition coefficient (Wildman–Crippen LogP) is 5.64. The first-order valence-corrected chi connectivity index (χ1v) is 23.6. The molecular formula is C47H81N7O8. The lowest BCUT2D eigenvalue weighted by Crippen LogP contribution is -2.60. The molecule has 0 bridgehead atoms. The van der Waals surface area contributed by atoms with Gasteiger partial charge in [-0.1, -0.05) is 113 Å². The average molecular weight is 872 g/mol. The van der Waals surface area contributed by atoms with Crippen LogP contribution in [0.3, 0.4) is 0 Å². The molecule has 1 aliphatic carbocycles. The van der Waals surface area contributed by atoms with Gasteiger partial charge in [-0.15, -0.1) is 0 Å². The van der Waals surface area contributed by atoms with E-state index in [4.69, 9.17) is 4.74 Å². The fourth-order valence-electron chi connectivity index (χ4n) is 8.59. The van der Waals surface area contributed by atoms with Crippen molar-refractivity contribution < 1.29 is 38.3 Å². The molecule has 3 N–H and O–H groups in total. The van der Waals surface area contributed by atoms with Crippen LogP contribution in [-0.4, -0.2) is 120 Å². The summed E-state index contributed by atoms with van der Waals surface area (Å²) in [6.07, 6.45) is 8.54. The number of nitriles is 1. The van der Waals surface area contributed by atoms with Crippen molar-refractivity contribution in [3.63, 3.8) is 0 Å². The number of hydrogen-bond acceptors (Lipinski definition) is 9. The Bertz CT molecular complexity index is 1530. The van der Waals surface area contributed by atoms with Crippen molar-refractivity contribution >= 4 is 41.4 Å². The number of likely N-dealkylation sites (N-methyl/N-ethyl adjacent to an activating group) is 3. The van der Waals surface area contributed by atoms with Gasteiger partial charge >= 0.3 is 5.97 Å². The summed E-state index contributed by atoms with van der Waals surface area (Å²) in [7, 11) is 4.54. The van der Waals surface area contributed by atoms with Crippen molar-refractivity contribution in [1.29, 1.82) is 5.26 Å². The molecule has 0 aromatic rings. The monoisotopic (exact) mass is 872 g/mol. The summed E-state index contributed by atoms with van der Waals surface area (Å²) in [6.45, 7) is 15.3. The number of cyclic esters (lactones) is 1. The normalized spacial score (nSPS) is 26.7. The minimum Gasteiger partial charge on any atom is -0.451 e. The van der Waals surface area contributed by atoms with E-state index in [1.54, 1.807) is 7.05 Å². The second-order valence-corrected chi connectivity index (χ2v) is 19.0. The molecule has 352 valence electrons. The minimum absolute atomic E-state index is 0.0236. The zero-order valence-corrected chi connectivity index (χ0v) is 39.9. The lowest BCUT2D eigenvalue weighted by atomic mass is 9.84. The van der Waals surface area contributed by atoms with E-state index in [1.165, 1.54) is 35.7 Å². The maximum absolute atomic E-state index is 14.8. The second kappa shape index (κ2) is 27.1. The SMILES string of the molecule is CCCC[C@@H](C)C[C@@H]1NC(=O)[C@H](CC2CCCCC2)N(C)C(=O)[C@H](CC(C)C)NC(=O)[C@H](CC(C)C)N(C)C(=O)[C@H](CCCC)NC(=O)[C@@H](CCC#N)OC(=O)[C@H](C)N(C)C1=O. The molecule has 2 aliphatic rings. The van der Waals surface area contributed by atoms with Gasteiger partial charge < -0.3 is 35.4 Å². The Labute approximate surface area is 372 Å². The molecule has 62 heavy (non-hydrogen) atoms. The number of carbonyl (C=O) groups excluding carboxylic acids is 7. The van der Waals surface area contributed by atoms with E-state index in [-0.39, 0.29) is 62.2 Å². The summed E-state index contributed by atoms with van der Waals surface area (Å²) in [4.78, 5) is 105. The molecule has 0 aromatic carbocycles. The number of ether oxygens (including phenoxy) is 1. The molecule has 0 radical (unpaired) electrons. The van der Waals surface area contributed by atoms with Gasteiger partial charge in [-0.25, -0.2) is 4.79 Å². The third-order valence-corrected chi connectivity index (χ3v) is 12.6. The van der Waals surface area contributed by atoms with Gasteiger partial charge in [-0.2, -0.15) is 5.26 Å². The number of unbranched alkanes of at least 4 members (excludes halogenated alkanes) is 2. The fourth-order valence-corrected chi connectivity index (χ4v) is 8.59. The van der Waals surface area contributed by atoms with Gasteiger partial charge in [0.1, 0.15) is 36.3 Å². The Balaban J connectivity index is 2.84. The Morgan fingerprint density at radius 1 is 0.661 bits per heavy atom. The molecule has 0 spiro atoms. The topological polar surface area (TPSA) is 198 Å². The molecule has 2 rings (SSSR count). The highest BCUT2D eigenvalue weighted by Crippen LogP contribution is 2.29. The van der Waals surface area contributed by atoms with Crippen LogP contribution in [-0.2, 0) is 38.3 Å². The summed E-state index contributed by atoms with van der Waals surface area (Å²) in [6, 6.07) is -4.37. The molecule has 0 unspecified atom stereocenters. The molecule has 1 aliphatic heterocycles. The van der Waals surface area contributed by atoms with Crippen LogP contribution in [0.4, 0.5) is 0 Å². The van der Waals surface area contributed by atoms with E-state index in [9.17, 15) is 38.8 Å². The highest BCUT2D eigenvalue weighted by molar-refractivity contribution is 5.97. The van der Waals surface area contributed by atoms with E-state index in [0.717, 1.165) is 51.4 Å². The van der Waals surface area contributed by atoms with Crippen LogP contribution in [0.15, 0.2) is 0 Å². The first kappa shape index (κ1) is 53.9. The molecular weight excluding hydrogens is 791 g/mol. The summed E-state index contributed by atoms with van der Waals surface area (Å²) >= 11 is 0. The van der Waals surface area contributed by atoms with Gasteiger partial charge in [0.05, 0.1) is 6.07 Å². The molecule has 1 saturated carbocycles. The summed E-state index contributed by atoms with van der Waals surface area (Å²) in [5.41, 5.74) is 0. The van der Waals surface area contributed by atoms with E-state index >= 15 is 0 Å². The second-order valence-electron chi connectivity index (χ2n) is 19.0. The van der Waals surface area contributed by atoms with Crippen molar-refractivity contribution in [2.45, 2.75) is 207 Å². The number of amides is 6. The molecule has 15 nitrogen and oxygen atoms in total. The van der Waals surface area contributed by atoms with Crippen LogP contribution in [0, 0.1) is 35.0 Å².